The Morgan fingerprint density at radius 1 is 1.11 bits per heavy atom. The van der Waals surface area contributed by atoms with Crippen LogP contribution in [0.3, 0.4) is 0 Å². The van der Waals surface area contributed by atoms with E-state index in [9.17, 15) is 18.4 Å². The molecule has 9 heteroatoms. The van der Waals surface area contributed by atoms with Crippen LogP contribution >= 0.6 is 11.6 Å². The molecule has 27 heavy (non-hydrogen) atoms. The van der Waals surface area contributed by atoms with Crippen LogP contribution in [0.4, 0.5) is 20.2 Å². The summed E-state index contributed by atoms with van der Waals surface area (Å²) in [6.45, 7) is -3.36. The number of anilines is 2. The summed E-state index contributed by atoms with van der Waals surface area (Å²) in [6.07, 6.45) is 0. The molecule has 0 aliphatic heterocycles. The van der Waals surface area contributed by atoms with Crippen LogP contribution in [0.1, 0.15) is 0 Å². The van der Waals surface area contributed by atoms with Crippen LogP contribution in [-0.2, 0) is 9.59 Å². The third-order valence-corrected chi connectivity index (χ3v) is 3.82. The van der Waals surface area contributed by atoms with E-state index in [-0.39, 0.29) is 24.5 Å². The van der Waals surface area contributed by atoms with Crippen LogP contribution < -0.4 is 15.4 Å². The van der Waals surface area contributed by atoms with Gasteiger partial charge in [0.1, 0.15) is 5.75 Å². The highest BCUT2D eigenvalue weighted by Crippen LogP contribution is 2.25. The molecule has 2 aromatic rings. The second kappa shape index (κ2) is 9.72. The van der Waals surface area contributed by atoms with Gasteiger partial charge in [0, 0.05) is 7.05 Å². The molecule has 2 rings (SSSR count). The number of likely N-dealkylation sites (N-methyl/N-ethyl adjacent to an activating group) is 1. The number of hydrogen-bond acceptors (Lipinski definition) is 4. The van der Waals surface area contributed by atoms with E-state index in [2.05, 4.69) is 15.4 Å². The topological polar surface area (TPSA) is 70.7 Å². The fourth-order valence-corrected chi connectivity index (χ4v) is 2.36. The Morgan fingerprint density at radius 3 is 2.41 bits per heavy atom. The van der Waals surface area contributed by atoms with E-state index in [1.54, 1.807) is 30.3 Å². The number of amides is 2. The van der Waals surface area contributed by atoms with Gasteiger partial charge in [-0.25, -0.2) is 0 Å². The van der Waals surface area contributed by atoms with Gasteiger partial charge >= 0.3 is 6.61 Å². The largest absolute Gasteiger partial charge is 0.433 e. The van der Waals surface area contributed by atoms with Crippen molar-refractivity contribution >= 4 is 34.8 Å². The van der Waals surface area contributed by atoms with E-state index in [1.807, 2.05) is 0 Å². The third kappa shape index (κ3) is 6.41. The van der Waals surface area contributed by atoms with Crippen molar-refractivity contribution in [1.82, 2.24) is 4.90 Å². The number of carbonyl (C=O) groups is 2. The average Bonchev–Trinajstić information content (AvgIpc) is 2.62. The molecule has 0 unspecified atom stereocenters. The molecule has 0 bridgehead atoms. The summed E-state index contributed by atoms with van der Waals surface area (Å²) in [5.41, 5.74) is 0.696. The standard InChI is InChI=1S/C18H18ClF2N3O3/c1-24(11-16(25)23-13-7-3-2-6-12(13)19)17(26)10-22-14-8-4-5-9-15(14)27-18(20)21/h2-9,18,22H,10-11H2,1H3,(H,23,25). The zero-order valence-electron chi connectivity index (χ0n) is 14.4. The molecule has 144 valence electrons. The molecule has 0 saturated carbocycles. The van der Waals surface area contributed by atoms with Gasteiger partial charge in [0.15, 0.2) is 0 Å². The maximum absolute atomic E-state index is 12.4. The van der Waals surface area contributed by atoms with Gasteiger partial charge in [-0.1, -0.05) is 35.9 Å². The number of hydrogen-bond donors (Lipinski definition) is 2. The normalized spacial score (nSPS) is 10.4. The number of carbonyl (C=O) groups excluding carboxylic acids is 2. The lowest BCUT2D eigenvalue weighted by Gasteiger charge is -2.18. The zero-order chi connectivity index (χ0) is 19.8. The number of ether oxygens (including phenoxy) is 1. The average molecular weight is 398 g/mol. The highest BCUT2D eigenvalue weighted by atomic mass is 35.5. The van der Waals surface area contributed by atoms with Crippen molar-refractivity contribution in [2.75, 3.05) is 30.8 Å². The molecule has 2 N–H and O–H groups in total. The van der Waals surface area contributed by atoms with Gasteiger partial charge in [0.2, 0.25) is 11.8 Å². The second-order valence-electron chi connectivity index (χ2n) is 5.51. The van der Waals surface area contributed by atoms with Crippen LogP contribution in [0.2, 0.25) is 5.02 Å². The van der Waals surface area contributed by atoms with Gasteiger partial charge in [0.25, 0.3) is 0 Å². The first-order valence-corrected chi connectivity index (χ1v) is 8.30. The summed E-state index contributed by atoms with van der Waals surface area (Å²) in [5, 5.41) is 5.73. The van der Waals surface area contributed by atoms with Crippen LogP contribution in [0, 0.1) is 0 Å². The predicted octanol–water partition coefficient (Wildman–Crippen LogP) is 3.45. The Labute approximate surface area is 160 Å². The molecule has 0 saturated heterocycles. The van der Waals surface area contributed by atoms with Gasteiger partial charge in [-0.05, 0) is 24.3 Å². The monoisotopic (exact) mass is 397 g/mol. The summed E-state index contributed by atoms with van der Waals surface area (Å²) in [4.78, 5) is 25.4. The van der Waals surface area contributed by atoms with Crippen LogP contribution in [0.15, 0.2) is 48.5 Å². The molecule has 0 radical (unpaired) electrons. The molecule has 0 atom stereocenters. The van der Waals surface area contributed by atoms with E-state index >= 15 is 0 Å². The van der Waals surface area contributed by atoms with E-state index in [1.165, 1.54) is 30.1 Å². The van der Waals surface area contributed by atoms with Crippen LogP contribution in [-0.4, -0.2) is 43.5 Å². The lowest BCUT2D eigenvalue weighted by molar-refractivity contribution is -0.131. The quantitative estimate of drug-likeness (QED) is 0.715. The fourth-order valence-electron chi connectivity index (χ4n) is 2.17. The minimum atomic E-state index is -2.97. The van der Waals surface area contributed by atoms with Gasteiger partial charge < -0.3 is 20.3 Å². The number of para-hydroxylation sites is 3. The lowest BCUT2D eigenvalue weighted by Crippen LogP contribution is -2.38. The first-order valence-electron chi connectivity index (χ1n) is 7.93. The minimum Gasteiger partial charge on any atom is -0.433 e. The van der Waals surface area contributed by atoms with Gasteiger partial charge in [-0.3, -0.25) is 9.59 Å². The predicted molar refractivity (Wildman–Crippen MR) is 99.3 cm³/mol. The molecule has 2 amide bonds. The Balaban J connectivity index is 1.87. The zero-order valence-corrected chi connectivity index (χ0v) is 15.2. The summed E-state index contributed by atoms with van der Waals surface area (Å²) in [7, 11) is 1.46. The van der Waals surface area contributed by atoms with Crippen molar-refractivity contribution in [3.8, 4) is 5.75 Å². The second-order valence-corrected chi connectivity index (χ2v) is 5.91. The SMILES string of the molecule is CN(CC(=O)Nc1ccccc1Cl)C(=O)CNc1ccccc1OC(F)F. The van der Waals surface area contributed by atoms with E-state index < -0.39 is 18.4 Å². The highest BCUT2D eigenvalue weighted by Gasteiger charge is 2.15. The van der Waals surface area contributed by atoms with Gasteiger partial charge in [0.05, 0.1) is 29.5 Å². The van der Waals surface area contributed by atoms with Crippen LogP contribution in [0.25, 0.3) is 0 Å². The van der Waals surface area contributed by atoms with Crippen molar-refractivity contribution in [3.63, 3.8) is 0 Å². The first kappa shape index (κ1) is 20.4. The number of alkyl halides is 2. The molecule has 0 aliphatic carbocycles. The molecule has 0 spiro atoms. The number of halogens is 3. The molecule has 0 aromatic heterocycles. The van der Waals surface area contributed by atoms with E-state index in [0.717, 1.165) is 0 Å². The Hall–Kier alpha value is -2.87. The maximum Gasteiger partial charge on any atom is 0.387 e. The van der Waals surface area contributed by atoms with Gasteiger partial charge in [-0.15, -0.1) is 0 Å². The molecule has 0 aliphatic rings. The lowest BCUT2D eigenvalue weighted by atomic mass is 10.3. The number of rotatable bonds is 8. The Bertz CT molecular complexity index is 805. The van der Waals surface area contributed by atoms with E-state index in [4.69, 9.17) is 11.6 Å². The van der Waals surface area contributed by atoms with Crippen LogP contribution in [0.5, 0.6) is 5.75 Å². The van der Waals surface area contributed by atoms with Crippen molar-refractivity contribution in [2.45, 2.75) is 6.61 Å². The maximum atomic E-state index is 12.4. The summed E-state index contributed by atoms with van der Waals surface area (Å²) in [6, 6.07) is 12.8. The smallest absolute Gasteiger partial charge is 0.387 e. The number of nitrogens with one attached hydrogen (secondary N) is 2. The van der Waals surface area contributed by atoms with E-state index in [0.29, 0.717) is 10.7 Å². The molecule has 6 nitrogen and oxygen atoms in total. The fraction of sp³-hybridized carbons (Fsp3) is 0.222. The van der Waals surface area contributed by atoms with Crippen molar-refractivity contribution in [1.29, 1.82) is 0 Å². The van der Waals surface area contributed by atoms with Crippen molar-refractivity contribution in [3.05, 3.63) is 53.6 Å². The Kier molecular flexibility index (Phi) is 7.36. The molecule has 0 heterocycles. The molecular formula is C18H18ClF2N3O3. The minimum absolute atomic E-state index is 0.0700. The molecular weight excluding hydrogens is 380 g/mol. The number of benzene rings is 2. The van der Waals surface area contributed by atoms with Crippen molar-refractivity contribution in [2.24, 2.45) is 0 Å². The first-order chi connectivity index (χ1) is 12.9. The summed E-state index contributed by atoms with van der Waals surface area (Å²) >= 11 is 5.97. The molecule has 0 fully saturated rings. The summed E-state index contributed by atoms with van der Waals surface area (Å²) < 4.78 is 29.2. The van der Waals surface area contributed by atoms with Gasteiger partial charge in [-0.2, -0.15) is 8.78 Å². The summed E-state index contributed by atoms with van der Waals surface area (Å²) in [5.74, 6) is -0.893. The Morgan fingerprint density at radius 2 is 1.74 bits per heavy atom. The number of nitrogens with zero attached hydrogens (tertiary/aromatic N) is 1. The highest BCUT2D eigenvalue weighted by molar-refractivity contribution is 6.33. The third-order valence-electron chi connectivity index (χ3n) is 3.49. The van der Waals surface area contributed by atoms with Crippen molar-refractivity contribution < 1.29 is 23.1 Å². The molecule has 2 aromatic carbocycles.